The quantitative estimate of drug-likeness (QED) is 0.786. The summed E-state index contributed by atoms with van der Waals surface area (Å²) in [5, 5.41) is 9.16. The van der Waals surface area contributed by atoms with E-state index in [9.17, 15) is 4.79 Å². The van der Waals surface area contributed by atoms with Crippen LogP contribution in [0, 0.1) is 0 Å². The van der Waals surface area contributed by atoms with E-state index in [0.717, 1.165) is 5.56 Å². The molecule has 0 saturated carbocycles. The van der Waals surface area contributed by atoms with Crippen molar-refractivity contribution in [2.24, 2.45) is 0 Å². The third-order valence-corrected chi connectivity index (χ3v) is 3.31. The van der Waals surface area contributed by atoms with Crippen molar-refractivity contribution in [3.8, 4) is 11.5 Å². The Morgan fingerprint density at radius 1 is 1.15 bits per heavy atom. The van der Waals surface area contributed by atoms with E-state index in [1.54, 1.807) is 25.1 Å². The molecular weight excluding hydrogens is 254 g/mol. The molecule has 4 nitrogen and oxygen atoms in total. The SMILES string of the molecule is C[C@@H](C(=O)O)c1cccc2oc(-c3ccccc3)nc12. The van der Waals surface area contributed by atoms with Gasteiger partial charge in [0.15, 0.2) is 5.58 Å². The minimum atomic E-state index is -0.873. The molecular formula is C16H13NO3. The van der Waals surface area contributed by atoms with Gasteiger partial charge in [-0.2, -0.15) is 0 Å². The zero-order chi connectivity index (χ0) is 14.1. The van der Waals surface area contributed by atoms with Crippen LogP contribution < -0.4 is 0 Å². The van der Waals surface area contributed by atoms with Crippen molar-refractivity contribution in [3.05, 3.63) is 54.1 Å². The molecule has 0 unspecified atom stereocenters. The van der Waals surface area contributed by atoms with Gasteiger partial charge in [0.1, 0.15) is 5.52 Å². The Balaban J connectivity index is 2.17. The van der Waals surface area contributed by atoms with Crippen molar-refractivity contribution in [2.75, 3.05) is 0 Å². The molecule has 0 aliphatic carbocycles. The van der Waals surface area contributed by atoms with Gasteiger partial charge >= 0.3 is 5.97 Å². The maximum atomic E-state index is 11.2. The predicted molar refractivity (Wildman–Crippen MR) is 75.5 cm³/mol. The molecule has 0 bridgehead atoms. The number of para-hydroxylation sites is 1. The molecule has 4 heteroatoms. The van der Waals surface area contributed by atoms with E-state index in [-0.39, 0.29) is 0 Å². The van der Waals surface area contributed by atoms with Crippen LogP contribution in [0.25, 0.3) is 22.6 Å². The number of carbonyl (C=O) groups is 1. The fourth-order valence-corrected chi connectivity index (χ4v) is 2.16. The average molecular weight is 267 g/mol. The van der Waals surface area contributed by atoms with Crippen LogP contribution in [0.5, 0.6) is 0 Å². The minimum Gasteiger partial charge on any atom is -0.481 e. The highest BCUT2D eigenvalue weighted by Gasteiger charge is 2.19. The van der Waals surface area contributed by atoms with E-state index >= 15 is 0 Å². The highest BCUT2D eigenvalue weighted by atomic mass is 16.4. The van der Waals surface area contributed by atoms with Crippen LogP contribution >= 0.6 is 0 Å². The number of aromatic nitrogens is 1. The topological polar surface area (TPSA) is 63.3 Å². The molecule has 0 radical (unpaired) electrons. The Kier molecular flexibility index (Phi) is 2.99. The average Bonchev–Trinajstić information content (AvgIpc) is 2.91. The van der Waals surface area contributed by atoms with E-state index in [1.807, 2.05) is 30.3 Å². The molecule has 1 N–H and O–H groups in total. The van der Waals surface area contributed by atoms with Crippen molar-refractivity contribution in [3.63, 3.8) is 0 Å². The molecule has 0 aliphatic rings. The summed E-state index contributed by atoms with van der Waals surface area (Å²) in [6.07, 6.45) is 0. The first-order valence-electron chi connectivity index (χ1n) is 6.34. The Hall–Kier alpha value is -2.62. The van der Waals surface area contributed by atoms with Crippen molar-refractivity contribution in [1.82, 2.24) is 4.98 Å². The number of hydrogen-bond donors (Lipinski definition) is 1. The summed E-state index contributed by atoms with van der Waals surface area (Å²) in [5.41, 5.74) is 2.76. The van der Waals surface area contributed by atoms with Gasteiger partial charge in [0.05, 0.1) is 5.92 Å². The van der Waals surface area contributed by atoms with E-state index in [1.165, 1.54) is 0 Å². The number of nitrogens with zero attached hydrogens (tertiary/aromatic N) is 1. The largest absolute Gasteiger partial charge is 0.481 e. The molecule has 0 saturated heterocycles. The van der Waals surface area contributed by atoms with Crippen molar-refractivity contribution >= 4 is 17.1 Å². The normalized spacial score (nSPS) is 12.4. The van der Waals surface area contributed by atoms with Gasteiger partial charge in [-0.15, -0.1) is 0 Å². The molecule has 3 aromatic rings. The van der Waals surface area contributed by atoms with Crippen LogP contribution in [-0.2, 0) is 4.79 Å². The number of carboxylic acids is 1. The van der Waals surface area contributed by atoms with Crippen LogP contribution in [0.15, 0.2) is 52.9 Å². The van der Waals surface area contributed by atoms with Gasteiger partial charge < -0.3 is 9.52 Å². The zero-order valence-corrected chi connectivity index (χ0v) is 10.9. The predicted octanol–water partition coefficient (Wildman–Crippen LogP) is 3.68. The summed E-state index contributed by atoms with van der Waals surface area (Å²) in [5.74, 6) is -0.986. The lowest BCUT2D eigenvalue weighted by molar-refractivity contribution is -0.138. The van der Waals surface area contributed by atoms with Gasteiger partial charge in [0, 0.05) is 5.56 Å². The molecule has 0 aliphatic heterocycles. The first kappa shape index (κ1) is 12.4. The van der Waals surface area contributed by atoms with E-state index < -0.39 is 11.9 Å². The third kappa shape index (κ3) is 2.05. The minimum absolute atomic E-state index is 0.505. The lowest BCUT2D eigenvalue weighted by Crippen LogP contribution is -2.07. The van der Waals surface area contributed by atoms with E-state index in [2.05, 4.69) is 4.98 Å². The molecule has 2 aromatic carbocycles. The lowest BCUT2D eigenvalue weighted by Gasteiger charge is -2.05. The first-order chi connectivity index (χ1) is 9.66. The maximum Gasteiger partial charge on any atom is 0.310 e. The molecule has 0 spiro atoms. The Labute approximate surface area is 115 Å². The standard InChI is InChI=1S/C16H13NO3/c1-10(16(18)19)12-8-5-9-13-14(12)17-15(20-13)11-6-3-2-4-7-11/h2-10H,1H3,(H,18,19)/t10-/m1/s1. The maximum absolute atomic E-state index is 11.2. The molecule has 0 fully saturated rings. The molecule has 1 atom stereocenters. The number of hydrogen-bond acceptors (Lipinski definition) is 3. The third-order valence-electron chi connectivity index (χ3n) is 3.31. The van der Waals surface area contributed by atoms with Crippen LogP contribution in [0.1, 0.15) is 18.4 Å². The second-order valence-electron chi connectivity index (χ2n) is 4.64. The number of carboxylic acid groups (broad SMARTS) is 1. The van der Waals surface area contributed by atoms with Crippen molar-refractivity contribution in [1.29, 1.82) is 0 Å². The van der Waals surface area contributed by atoms with Gasteiger partial charge in [-0.3, -0.25) is 4.79 Å². The van der Waals surface area contributed by atoms with Gasteiger partial charge in [-0.1, -0.05) is 30.3 Å². The monoisotopic (exact) mass is 267 g/mol. The van der Waals surface area contributed by atoms with E-state index in [0.29, 0.717) is 22.6 Å². The molecule has 20 heavy (non-hydrogen) atoms. The van der Waals surface area contributed by atoms with E-state index in [4.69, 9.17) is 9.52 Å². The smallest absolute Gasteiger partial charge is 0.310 e. The fourth-order valence-electron chi connectivity index (χ4n) is 2.16. The van der Waals surface area contributed by atoms with Gasteiger partial charge in [-0.25, -0.2) is 4.98 Å². The highest BCUT2D eigenvalue weighted by molar-refractivity contribution is 5.86. The first-order valence-corrected chi connectivity index (χ1v) is 6.34. The number of benzene rings is 2. The van der Waals surface area contributed by atoms with Gasteiger partial charge in [0.25, 0.3) is 0 Å². The summed E-state index contributed by atoms with van der Waals surface area (Å²) in [6.45, 7) is 1.65. The molecule has 0 amide bonds. The Bertz CT molecular complexity index is 762. The van der Waals surface area contributed by atoms with Gasteiger partial charge in [0.2, 0.25) is 5.89 Å². The summed E-state index contributed by atoms with van der Waals surface area (Å²) in [7, 11) is 0. The number of oxazole rings is 1. The van der Waals surface area contributed by atoms with Crippen molar-refractivity contribution in [2.45, 2.75) is 12.8 Å². The lowest BCUT2D eigenvalue weighted by atomic mass is 10.0. The fraction of sp³-hybridized carbons (Fsp3) is 0.125. The Morgan fingerprint density at radius 2 is 1.90 bits per heavy atom. The van der Waals surface area contributed by atoms with Crippen LogP contribution in [0.4, 0.5) is 0 Å². The Morgan fingerprint density at radius 3 is 2.60 bits per heavy atom. The summed E-state index contributed by atoms with van der Waals surface area (Å²) >= 11 is 0. The van der Waals surface area contributed by atoms with Gasteiger partial charge in [-0.05, 0) is 30.7 Å². The summed E-state index contributed by atoms with van der Waals surface area (Å²) in [4.78, 5) is 15.6. The molecule has 1 aromatic heterocycles. The second kappa shape index (κ2) is 4.81. The summed E-state index contributed by atoms with van der Waals surface area (Å²) < 4.78 is 5.72. The highest BCUT2D eigenvalue weighted by Crippen LogP contribution is 2.29. The summed E-state index contributed by atoms with van der Waals surface area (Å²) in [6, 6.07) is 14.9. The van der Waals surface area contributed by atoms with Crippen LogP contribution in [0.2, 0.25) is 0 Å². The zero-order valence-electron chi connectivity index (χ0n) is 10.9. The second-order valence-corrected chi connectivity index (χ2v) is 4.64. The van der Waals surface area contributed by atoms with Crippen LogP contribution in [0.3, 0.4) is 0 Å². The van der Waals surface area contributed by atoms with Crippen molar-refractivity contribution < 1.29 is 14.3 Å². The van der Waals surface area contributed by atoms with Crippen LogP contribution in [-0.4, -0.2) is 16.1 Å². The number of fused-ring (bicyclic) bond motifs is 1. The molecule has 3 rings (SSSR count). The molecule has 100 valence electrons. The number of rotatable bonds is 3. The molecule has 1 heterocycles. The number of aliphatic carboxylic acids is 1.